The Kier molecular flexibility index (Phi) is 4.93. The number of aryl methyl sites for hydroxylation is 1. The lowest BCUT2D eigenvalue weighted by molar-refractivity contribution is 0.174. The van der Waals surface area contributed by atoms with E-state index in [0.29, 0.717) is 0 Å². The maximum absolute atomic E-state index is 6.27. The zero-order valence-corrected chi connectivity index (χ0v) is 12.4. The van der Waals surface area contributed by atoms with Crippen LogP contribution < -0.4 is 5.73 Å². The van der Waals surface area contributed by atoms with Crippen LogP contribution >= 0.6 is 0 Å². The fourth-order valence-corrected chi connectivity index (χ4v) is 2.48. The van der Waals surface area contributed by atoms with Crippen LogP contribution in [0.3, 0.4) is 0 Å². The molecule has 2 N–H and O–H groups in total. The first kappa shape index (κ1) is 14.8. The summed E-state index contributed by atoms with van der Waals surface area (Å²) in [6, 6.07) is 10.1. The minimum atomic E-state index is 0.0379. The summed E-state index contributed by atoms with van der Waals surface area (Å²) in [4.78, 5) is 6.75. The van der Waals surface area contributed by atoms with Crippen molar-refractivity contribution in [3.8, 4) is 0 Å². The number of furan rings is 1. The second kappa shape index (κ2) is 6.68. The van der Waals surface area contributed by atoms with E-state index in [1.54, 1.807) is 6.26 Å². The van der Waals surface area contributed by atoms with Crippen LogP contribution in [0.2, 0.25) is 0 Å². The van der Waals surface area contributed by atoms with Crippen molar-refractivity contribution in [1.29, 1.82) is 0 Å². The molecule has 108 valence electrons. The van der Waals surface area contributed by atoms with E-state index < -0.39 is 0 Å². The van der Waals surface area contributed by atoms with E-state index >= 15 is 0 Å². The Morgan fingerprint density at radius 1 is 1.30 bits per heavy atom. The molecule has 2 aromatic heterocycles. The summed E-state index contributed by atoms with van der Waals surface area (Å²) in [5.74, 6) is 0.912. The number of rotatable bonds is 6. The molecular weight excluding hydrogens is 250 g/mol. The van der Waals surface area contributed by atoms with E-state index in [1.165, 1.54) is 0 Å². The van der Waals surface area contributed by atoms with E-state index in [1.807, 2.05) is 37.3 Å². The fourth-order valence-electron chi connectivity index (χ4n) is 2.48. The second-order valence-electron chi connectivity index (χ2n) is 5.22. The van der Waals surface area contributed by atoms with E-state index in [9.17, 15) is 0 Å². The van der Waals surface area contributed by atoms with Crippen LogP contribution in [0.4, 0.5) is 0 Å². The molecular formula is C16H23N3O. The van der Waals surface area contributed by atoms with Gasteiger partial charge in [-0.05, 0) is 44.7 Å². The van der Waals surface area contributed by atoms with Gasteiger partial charge in [0.2, 0.25) is 0 Å². The maximum atomic E-state index is 6.27. The standard InChI is InChI=1S/C16H23N3O/c1-4-14(17)16(15-9-6-10-20-15)19(3)11-13-8-5-7-12(2)18-13/h5-10,14,16H,4,11,17H2,1-3H3. The first-order valence-corrected chi connectivity index (χ1v) is 7.03. The number of nitrogens with zero attached hydrogens (tertiary/aromatic N) is 2. The van der Waals surface area contributed by atoms with Gasteiger partial charge < -0.3 is 10.2 Å². The molecule has 0 spiro atoms. The zero-order chi connectivity index (χ0) is 14.5. The Hall–Kier alpha value is -1.65. The number of nitrogens with two attached hydrogens (primary N) is 1. The van der Waals surface area contributed by atoms with Crippen LogP contribution in [0.5, 0.6) is 0 Å². The molecule has 4 heteroatoms. The molecule has 0 fully saturated rings. The highest BCUT2D eigenvalue weighted by molar-refractivity contribution is 5.12. The first-order valence-electron chi connectivity index (χ1n) is 7.03. The van der Waals surface area contributed by atoms with E-state index in [4.69, 9.17) is 10.2 Å². The van der Waals surface area contributed by atoms with Crippen LogP contribution in [0, 0.1) is 6.92 Å². The molecule has 2 rings (SSSR count). The zero-order valence-electron chi connectivity index (χ0n) is 12.4. The minimum Gasteiger partial charge on any atom is -0.468 e. The smallest absolute Gasteiger partial charge is 0.122 e. The highest BCUT2D eigenvalue weighted by Gasteiger charge is 2.25. The molecule has 0 amide bonds. The molecule has 0 aliphatic carbocycles. The Labute approximate surface area is 120 Å². The van der Waals surface area contributed by atoms with Crippen LogP contribution in [0.25, 0.3) is 0 Å². The second-order valence-corrected chi connectivity index (χ2v) is 5.22. The maximum Gasteiger partial charge on any atom is 0.122 e. The summed E-state index contributed by atoms with van der Waals surface area (Å²) in [7, 11) is 2.06. The van der Waals surface area contributed by atoms with Gasteiger partial charge in [-0.2, -0.15) is 0 Å². The van der Waals surface area contributed by atoms with Gasteiger partial charge in [0.15, 0.2) is 0 Å². The van der Waals surface area contributed by atoms with Gasteiger partial charge in [0.25, 0.3) is 0 Å². The SMILES string of the molecule is CCC(N)C(c1ccco1)N(C)Cc1cccc(C)n1. The van der Waals surface area contributed by atoms with E-state index in [0.717, 1.165) is 30.1 Å². The molecule has 20 heavy (non-hydrogen) atoms. The summed E-state index contributed by atoms with van der Waals surface area (Å²) in [6.45, 7) is 4.85. The topological polar surface area (TPSA) is 55.3 Å². The Morgan fingerprint density at radius 2 is 2.10 bits per heavy atom. The van der Waals surface area contributed by atoms with Gasteiger partial charge in [-0.25, -0.2) is 0 Å². The predicted octanol–water partition coefficient (Wildman–Crippen LogP) is 2.89. The third kappa shape index (κ3) is 3.46. The number of likely N-dealkylation sites (N-methyl/N-ethyl adjacent to an activating group) is 1. The molecule has 0 aliphatic heterocycles. The lowest BCUT2D eigenvalue weighted by Crippen LogP contribution is -2.38. The van der Waals surface area contributed by atoms with Crippen molar-refractivity contribution >= 4 is 0 Å². The molecule has 0 aromatic carbocycles. The highest BCUT2D eigenvalue weighted by atomic mass is 16.3. The van der Waals surface area contributed by atoms with Crippen molar-refractivity contribution in [3.05, 3.63) is 53.7 Å². The average Bonchev–Trinajstić information content (AvgIpc) is 2.92. The lowest BCUT2D eigenvalue weighted by Gasteiger charge is -2.30. The third-order valence-electron chi connectivity index (χ3n) is 3.54. The normalized spacial score (nSPS) is 14.4. The van der Waals surface area contributed by atoms with Crippen molar-refractivity contribution in [1.82, 2.24) is 9.88 Å². The number of aromatic nitrogens is 1. The van der Waals surface area contributed by atoms with Crippen LogP contribution in [-0.2, 0) is 6.54 Å². The Bertz CT molecular complexity index is 524. The van der Waals surface area contributed by atoms with Crippen molar-refractivity contribution < 1.29 is 4.42 Å². The lowest BCUT2D eigenvalue weighted by atomic mass is 10.0. The average molecular weight is 273 g/mol. The van der Waals surface area contributed by atoms with Gasteiger partial charge in [0.1, 0.15) is 5.76 Å². The summed E-state index contributed by atoms with van der Waals surface area (Å²) >= 11 is 0. The first-order chi connectivity index (χ1) is 9.61. The fraction of sp³-hybridized carbons (Fsp3) is 0.438. The summed E-state index contributed by atoms with van der Waals surface area (Å²) < 4.78 is 5.56. The molecule has 2 atom stereocenters. The molecule has 0 aliphatic rings. The van der Waals surface area contributed by atoms with E-state index in [-0.39, 0.29) is 12.1 Å². The molecule has 0 radical (unpaired) electrons. The highest BCUT2D eigenvalue weighted by Crippen LogP contribution is 2.25. The van der Waals surface area contributed by atoms with Crippen LogP contribution in [-0.4, -0.2) is 23.0 Å². The third-order valence-corrected chi connectivity index (χ3v) is 3.54. The number of hydrogen-bond acceptors (Lipinski definition) is 4. The van der Waals surface area contributed by atoms with Crippen molar-refractivity contribution in [2.75, 3.05) is 7.05 Å². The van der Waals surface area contributed by atoms with Crippen molar-refractivity contribution in [2.45, 2.75) is 38.9 Å². The molecule has 2 unspecified atom stereocenters. The Morgan fingerprint density at radius 3 is 2.70 bits per heavy atom. The minimum absolute atomic E-state index is 0.0379. The largest absolute Gasteiger partial charge is 0.468 e. The Balaban J connectivity index is 2.17. The van der Waals surface area contributed by atoms with Gasteiger partial charge in [-0.3, -0.25) is 9.88 Å². The summed E-state index contributed by atoms with van der Waals surface area (Å²) in [6.07, 6.45) is 2.60. The predicted molar refractivity (Wildman–Crippen MR) is 80.2 cm³/mol. The quantitative estimate of drug-likeness (QED) is 0.879. The van der Waals surface area contributed by atoms with Gasteiger partial charge in [-0.1, -0.05) is 13.0 Å². The van der Waals surface area contributed by atoms with Gasteiger partial charge >= 0.3 is 0 Å². The number of pyridine rings is 1. The number of hydrogen-bond donors (Lipinski definition) is 1. The molecule has 0 saturated carbocycles. The van der Waals surface area contributed by atoms with Crippen LogP contribution in [0.1, 0.15) is 36.5 Å². The van der Waals surface area contributed by atoms with Crippen molar-refractivity contribution in [3.63, 3.8) is 0 Å². The van der Waals surface area contributed by atoms with Gasteiger partial charge in [0, 0.05) is 18.3 Å². The van der Waals surface area contributed by atoms with Crippen LogP contribution in [0.15, 0.2) is 41.0 Å². The van der Waals surface area contributed by atoms with E-state index in [2.05, 4.69) is 23.9 Å². The molecule has 0 saturated heterocycles. The van der Waals surface area contributed by atoms with Gasteiger partial charge in [-0.15, -0.1) is 0 Å². The molecule has 0 bridgehead atoms. The summed E-state index contributed by atoms with van der Waals surface area (Å²) in [5, 5.41) is 0. The summed E-state index contributed by atoms with van der Waals surface area (Å²) in [5.41, 5.74) is 8.35. The molecule has 4 nitrogen and oxygen atoms in total. The van der Waals surface area contributed by atoms with Gasteiger partial charge in [0.05, 0.1) is 18.0 Å². The monoisotopic (exact) mass is 273 g/mol. The molecule has 2 heterocycles. The van der Waals surface area contributed by atoms with Crippen molar-refractivity contribution in [2.24, 2.45) is 5.73 Å². The molecule has 2 aromatic rings.